The van der Waals surface area contributed by atoms with Crippen LogP contribution in [-0.2, 0) is 0 Å². The summed E-state index contributed by atoms with van der Waals surface area (Å²) in [7, 11) is 1.66. The van der Waals surface area contributed by atoms with E-state index < -0.39 is 0 Å². The molecule has 0 radical (unpaired) electrons. The first-order valence-electron chi connectivity index (χ1n) is 5.09. The van der Waals surface area contributed by atoms with Crippen molar-refractivity contribution in [3.05, 3.63) is 65.7 Å². The van der Waals surface area contributed by atoms with E-state index in [4.69, 9.17) is 4.74 Å². The molecule has 0 fully saturated rings. The molecule has 2 rings (SSSR count). The minimum Gasteiger partial charge on any atom is -0.497 e. The van der Waals surface area contributed by atoms with E-state index in [2.05, 4.69) is 11.8 Å². The Morgan fingerprint density at radius 3 is 1.88 bits per heavy atom. The predicted octanol–water partition coefficient (Wildman–Crippen LogP) is 3.10. The first-order chi connectivity index (χ1) is 7.88. The molecule has 0 spiro atoms. The fraction of sp³-hybridized carbons (Fsp3) is 0.0667. The van der Waals surface area contributed by atoms with Crippen molar-refractivity contribution in [2.45, 2.75) is 0 Å². The van der Waals surface area contributed by atoms with Gasteiger partial charge in [0.15, 0.2) is 0 Å². The molecule has 0 heterocycles. The normalized spacial score (nSPS) is 9.06. The molecular formula is C15H12O. The molecule has 0 aliphatic heterocycles. The van der Waals surface area contributed by atoms with Crippen LogP contribution in [0.2, 0.25) is 0 Å². The van der Waals surface area contributed by atoms with Crippen molar-refractivity contribution in [1.29, 1.82) is 0 Å². The maximum absolute atomic E-state index is 5.08. The van der Waals surface area contributed by atoms with E-state index in [0.717, 1.165) is 16.9 Å². The van der Waals surface area contributed by atoms with Crippen LogP contribution in [0.5, 0.6) is 5.75 Å². The zero-order valence-corrected chi connectivity index (χ0v) is 9.10. The molecule has 0 atom stereocenters. The highest BCUT2D eigenvalue weighted by Gasteiger charge is 1.89. The number of hydrogen-bond donors (Lipinski definition) is 0. The molecule has 0 amide bonds. The van der Waals surface area contributed by atoms with E-state index in [-0.39, 0.29) is 0 Å². The summed E-state index contributed by atoms with van der Waals surface area (Å²) in [5.41, 5.74) is 2.02. The standard InChI is InChI=1S/C15H12O/c1-16-15-11-9-14(10-12-15)8-7-13-5-3-2-4-6-13/h2-6,9-12H,1H3/i8+1. The lowest BCUT2D eigenvalue weighted by Crippen LogP contribution is -1.82. The summed E-state index contributed by atoms with van der Waals surface area (Å²) < 4.78 is 5.08. The molecular weight excluding hydrogens is 197 g/mol. The van der Waals surface area contributed by atoms with Crippen LogP contribution in [0.25, 0.3) is 0 Å². The van der Waals surface area contributed by atoms with Crippen molar-refractivity contribution in [3.63, 3.8) is 0 Å². The Labute approximate surface area is 95.7 Å². The van der Waals surface area contributed by atoms with E-state index in [1.54, 1.807) is 7.11 Å². The minimum atomic E-state index is 0.852. The second-order valence-corrected chi connectivity index (χ2v) is 3.34. The molecule has 16 heavy (non-hydrogen) atoms. The molecule has 0 aliphatic rings. The zero-order chi connectivity index (χ0) is 11.2. The molecule has 0 saturated carbocycles. The first kappa shape index (κ1) is 10.3. The maximum Gasteiger partial charge on any atom is 0.118 e. The SMILES string of the molecule is COc1ccc([13C]#Cc2ccccc2)cc1. The van der Waals surface area contributed by atoms with E-state index >= 15 is 0 Å². The summed E-state index contributed by atoms with van der Waals surface area (Å²) in [4.78, 5) is 0. The van der Waals surface area contributed by atoms with Crippen molar-refractivity contribution < 1.29 is 4.74 Å². The average molecular weight is 209 g/mol. The van der Waals surface area contributed by atoms with Crippen LogP contribution in [0.3, 0.4) is 0 Å². The van der Waals surface area contributed by atoms with Crippen molar-refractivity contribution in [2.24, 2.45) is 0 Å². The van der Waals surface area contributed by atoms with Crippen LogP contribution in [0, 0.1) is 11.8 Å². The van der Waals surface area contributed by atoms with Gasteiger partial charge < -0.3 is 4.74 Å². The van der Waals surface area contributed by atoms with Gasteiger partial charge in [-0.15, -0.1) is 0 Å². The van der Waals surface area contributed by atoms with E-state index in [0.29, 0.717) is 0 Å². The van der Waals surface area contributed by atoms with Gasteiger partial charge in [-0.25, -0.2) is 0 Å². The van der Waals surface area contributed by atoms with Crippen molar-refractivity contribution >= 4 is 0 Å². The van der Waals surface area contributed by atoms with Crippen LogP contribution in [0.1, 0.15) is 11.1 Å². The molecule has 2 aromatic carbocycles. The van der Waals surface area contributed by atoms with Gasteiger partial charge in [-0.1, -0.05) is 30.0 Å². The van der Waals surface area contributed by atoms with Gasteiger partial charge >= 0.3 is 0 Å². The van der Waals surface area contributed by atoms with E-state index in [1.807, 2.05) is 54.6 Å². The van der Waals surface area contributed by atoms with Crippen molar-refractivity contribution in [2.75, 3.05) is 7.11 Å². The smallest absolute Gasteiger partial charge is 0.118 e. The highest BCUT2D eigenvalue weighted by molar-refractivity contribution is 5.44. The maximum atomic E-state index is 5.08. The Bertz CT molecular complexity index is 501. The molecule has 1 heteroatoms. The van der Waals surface area contributed by atoms with E-state index in [9.17, 15) is 0 Å². The summed E-state index contributed by atoms with van der Waals surface area (Å²) in [5, 5.41) is 0. The molecule has 0 N–H and O–H groups in total. The third-order valence-corrected chi connectivity index (χ3v) is 2.21. The molecule has 0 saturated heterocycles. The van der Waals surface area contributed by atoms with Gasteiger partial charge in [0.25, 0.3) is 0 Å². The molecule has 0 aromatic heterocycles. The van der Waals surface area contributed by atoms with Gasteiger partial charge in [-0.3, -0.25) is 0 Å². The highest BCUT2D eigenvalue weighted by Crippen LogP contribution is 2.10. The van der Waals surface area contributed by atoms with Gasteiger partial charge in [0, 0.05) is 11.1 Å². The third kappa shape index (κ3) is 2.65. The van der Waals surface area contributed by atoms with E-state index in [1.165, 1.54) is 0 Å². The number of ether oxygens (including phenoxy) is 1. The second kappa shape index (κ2) is 5.04. The Hall–Kier alpha value is -2.20. The summed E-state index contributed by atoms with van der Waals surface area (Å²) >= 11 is 0. The largest absolute Gasteiger partial charge is 0.497 e. The van der Waals surface area contributed by atoms with Crippen LogP contribution >= 0.6 is 0 Å². The molecule has 0 bridgehead atoms. The van der Waals surface area contributed by atoms with Crippen LogP contribution in [-0.4, -0.2) is 7.11 Å². The lowest BCUT2D eigenvalue weighted by molar-refractivity contribution is 0.415. The Morgan fingerprint density at radius 1 is 0.750 bits per heavy atom. The topological polar surface area (TPSA) is 9.23 Å². The van der Waals surface area contributed by atoms with Crippen molar-refractivity contribution in [3.8, 4) is 17.6 Å². The fourth-order valence-electron chi connectivity index (χ4n) is 1.34. The molecule has 0 aliphatic carbocycles. The number of rotatable bonds is 1. The number of methoxy groups -OCH3 is 1. The zero-order valence-electron chi connectivity index (χ0n) is 9.10. The lowest BCUT2D eigenvalue weighted by Gasteiger charge is -1.97. The fourth-order valence-corrected chi connectivity index (χ4v) is 1.34. The molecule has 2 aromatic rings. The third-order valence-electron chi connectivity index (χ3n) is 2.21. The quantitative estimate of drug-likeness (QED) is 0.518. The van der Waals surface area contributed by atoms with Crippen LogP contribution < -0.4 is 4.74 Å². The summed E-state index contributed by atoms with van der Waals surface area (Å²) in [6.45, 7) is 0. The number of benzene rings is 2. The van der Waals surface area contributed by atoms with Gasteiger partial charge in [-0.05, 0) is 36.4 Å². The van der Waals surface area contributed by atoms with Crippen molar-refractivity contribution in [1.82, 2.24) is 0 Å². The molecule has 0 unspecified atom stereocenters. The number of hydrogen-bond acceptors (Lipinski definition) is 1. The Balaban J connectivity index is 2.18. The summed E-state index contributed by atoms with van der Waals surface area (Å²) in [6.07, 6.45) is 0. The average Bonchev–Trinajstić information content (AvgIpc) is 2.38. The highest BCUT2D eigenvalue weighted by atomic mass is 16.5. The van der Waals surface area contributed by atoms with Crippen LogP contribution in [0.15, 0.2) is 54.6 Å². The Kier molecular flexibility index (Phi) is 3.25. The molecule has 78 valence electrons. The summed E-state index contributed by atoms with van der Waals surface area (Å²) in [6, 6.07) is 17.7. The second-order valence-electron chi connectivity index (χ2n) is 3.34. The predicted molar refractivity (Wildman–Crippen MR) is 65.4 cm³/mol. The Morgan fingerprint density at radius 2 is 1.31 bits per heavy atom. The van der Waals surface area contributed by atoms with Gasteiger partial charge in [0.05, 0.1) is 7.11 Å². The van der Waals surface area contributed by atoms with Gasteiger partial charge in [0.1, 0.15) is 5.75 Å². The van der Waals surface area contributed by atoms with Crippen LogP contribution in [0.4, 0.5) is 0 Å². The molecule has 1 nitrogen and oxygen atoms in total. The first-order valence-corrected chi connectivity index (χ1v) is 5.09. The van der Waals surface area contributed by atoms with Gasteiger partial charge in [-0.2, -0.15) is 0 Å². The van der Waals surface area contributed by atoms with Gasteiger partial charge in [0.2, 0.25) is 0 Å². The minimum absolute atomic E-state index is 0.852. The summed E-state index contributed by atoms with van der Waals surface area (Å²) in [5.74, 6) is 7.07. The monoisotopic (exact) mass is 209 g/mol. The lowest BCUT2D eigenvalue weighted by atomic mass is 10.2.